The molecule has 6 heteroatoms. The van der Waals surface area contributed by atoms with Crippen LogP contribution in [-0.4, -0.2) is 23.0 Å². The van der Waals surface area contributed by atoms with E-state index in [1.54, 1.807) is 6.92 Å². The number of anilines is 1. The lowest BCUT2D eigenvalue weighted by Crippen LogP contribution is -2.09. The standard InChI is InChI=1S/C9H14N4O2/c1-7-6-12-9(11-4-2-3-10)5-8(7)13(14)15/h5-6H,2-4,10H2,1H3,(H,11,12). The molecule has 3 N–H and O–H groups in total. The van der Waals surface area contributed by atoms with E-state index < -0.39 is 4.92 Å². The lowest BCUT2D eigenvalue weighted by Gasteiger charge is -2.04. The monoisotopic (exact) mass is 210 g/mol. The lowest BCUT2D eigenvalue weighted by atomic mass is 10.2. The van der Waals surface area contributed by atoms with Crippen LogP contribution in [0.4, 0.5) is 11.5 Å². The highest BCUT2D eigenvalue weighted by molar-refractivity contribution is 5.48. The first-order valence-corrected chi connectivity index (χ1v) is 4.70. The van der Waals surface area contributed by atoms with Crippen molar-refractivity contribution >= 4 is 11.5 Å². The molecule has 0 aromatic carbocycles. The highest BCUT2D eigenvalue weighted by atomic mass is 16.6. The first-order chi connectivity index (χ1) is 7.15. The fourth-order valence-electron chi connectivity index (χ4n) is 1.12. The molecule has 0 bridgehead atoms. The summed E-state index contributed by atoms with van der Waals surface area (Å²) in [7, 11) is 0. The predicted molar refractivity (Wildman–Crippen MR) is 57.8 cm³/mol. The molecular weight excluding hydrogens is 196 g/mol. The summed E-state index contributed by atoms with van der Waals surface area (Å²) in [5, 5.41) is 13.6. The Labute approximate surface area is 87.7 Å². The van der Waals surface area contributed by atoms with Crippen molar-refractivity contribution in [2.45, 2.75) is 13.3 Å². The largest absolute Gasteiger partial charge is 0.370 e. The maximum Gasteiger partial charge on any atom is 0.277 e. The Morgan fingerprint density at radius 3 is 3.00 bits per heavy atom. The van der Waals surface area contributed by atoms with Crippen LogP contribution in [0, 0.1) is 17.0 Å². The Morgan fingerprint density at radius 1 is 1.67 bits per heavy atom. The minimum Gasteiger partial charge on any atom is -0.370 e. The zero-order chi connectivity index (χ0) is 11.3. The number of hydrogen-bond acceptors (Lipinski definition) is 5. The molecule has 0 spiro atoms. The van der Waals surface area contributed by atoms with Gasteiger partial charge in [0.15, 0.2) is 0 Å². The SMILES string of the molecule is Cc1cnc(NCCCN)cc1[N+](=O)[O-]. The molecule has 0 atom stereocenters. The number of nitrogens with two attached hydrogens (primary N) is 1. The third-order valence-electron chi connectivity index (χ3n) is 1.96. The van der Waals surface area contributed by atoms with Crippen molar-refractivity contribution < 1.29 is 4.92 Å². The van der Waals surface area contributed by atoms with E-state index in [0.717, 1.165) is 6.42 Å². The molecule has 0 aliphatic rings. The number of aromatic nitrogens is 1. The van der Waals surface area contributed by atoms with E-state index in [1.165, 1.54) is 12.3 Å². The normalized spacial score (nSPS) is 10.0. The van der Waals surface area contributed by atoms with E-state index in [-0.39, 0.29) is 5.69 Å². The summed E-state index contributed by atoms with van der Waals surface area (Å²) in [6.45, 7) is 2.92. The van der Waals surface area contributed by atoms with Gasteiger partial charge < -0.3 is 11.1 Å². The van der Waals surface area contributed by atoms with Gasteiger partial charge in [0.2, 0.25) is 0 Å². The molecule has 0 saturated heterocycles. The second kappa shape index (κ2) is 5.26. The van der Waals surface area contributed by atoms with Crippen LogP contribution in [-0.2, 0) is 0 Å². The van der Waals surface area contributed by atoms with Crippen molar-refractivity contribution in [1.82, 2.24) is 4.98 Å². The van der Waals surface area contributed by atoms with Gasteiger partial charge in [0, 0.05) is 18.3 Å². The van der Waals surface area contributed by atoms with Gasteiger partial charge in [0.25, 0.3) is 5.69 Å². The number of nitrogens with one attached hydrogen (secondary N) is 1. The molecule has 6 nitrogen and oxygen atoms in total. The van der Waals surface area contributed by atoms with Gasteiger partial charge in [-0.15, -0.1) is 0 Å². The number of hydrogen-bond donors (Lipinski definition) is 2. The highest BCUT2D eigenvalue weighted by Gasteiger charge is 2.11. The summed E-state index contributed by atoms with van der Waals surface area (Å²) >= 11 is 0. The summed E-state index contributed by atoms with van der Waals surface area (Å²) < 4.78 is 0. The van der Waals surface area contributed by atoms with Gasteiger partial charge in [-0.1, -0.05) is 0 Å². The molecule has 0 radical (unpaired) electrons. The van der Waals surface area contributed by atoms with Crippen LogP contribution in [0.1, 0.15) is 12.0 Å². The number of rotatable bonds is 5. The van der Waals surface area contributed by atoms with E-state index >= 15 is 0 Å². The summed E-state index contributed by atoms with van der Waals surface area (Å²) in [6.07, 6.45) is 2.30. The summed E-state index contributed by atoms with van der Waals surface area (Å²) in [6, 6.07) is 1.44. The van der Waals surface area contributed by atoms with Crippen LogP contribution in [0.3, 0.4) is 0 Å². The minimum atomic E-state index is -0.412. The molecule has 82 valence electrons. The summed E-state index contributed by atoms with van der Waals surface area (Å²) in [4.78, 5) is 14.3. The fourth-order valence-corrected chi connectivity index (χ4v) is 1.12. The van der Waals surface area contributed by atoms with Crippen LogP contribution in [0.15, 0.2) is 12.3 Å². The second-order valence-corrected chi connectivity index (χ2v) is 3.18. The van der Waals surface area contributed by atoms with E-state index in [2.05, 4.69) is 10.3 Å². The van der Waals surface area contributed by atoms with Crippen LogP contribution >= 0.6 is 0 Å². The van der Waals surface area contributed by atoms with Gasteiger partial charge >= 0.3 is 0 Å². The average Bonchev–Trinajstić information content (AvgIpc) is 2.20. The van der Waals surface area contributed by atoms with Gasteiger partial charge in [-0.05, 0) is 19.9 Å². The minimum absolute atomic E-state index is 0.0836. The quantitative estimate of drug-likeness (QED) is 0.430. The first-order valence-electron chi connectivity index (χ1n) is 4.70. The first kappa shape index (κ1) is 11.4. The van der Waals surface area contributed by atoms with Gasteiger partial charge in [0.1, 0.15) is 5.82 Å². The Bertz CT molecular complexity index is 354. The molecule has 0 saturated carbocycles. The molecule has 1 aromatic rings. The number of nitrogens with zero attached hydrogens (tertiary/aromatic N) is 2. The van der Waals surface area contributed by atoms with E-state index in [1.807, 2.05) is 0 Å². The topological polar surface area (TPSA) is 94.1 Å². The Hall–Kier alpha value is -1.69. The number of nitro groups is 1. The molecule has 0 aliphatic heterocycles. The van der Waals surface area contributed by atoms with Gasteiger partial charge in [-0.2, -0.15) is 0 Å². The van der Waals surface area contributed by atoms with Gasteiger partial charge in [0.05, 0.1) is 11.0 Å². The Balaban J connectivity index is 2.74. The van der Waals surface area contributed by atoms with Crippen molar-refractivity contribution in [2.24, 2.45) is 5.73 Å². The molecule has 0 amide bonds. The molecular formula is C9H14N4O2. The Kier molecular flexibility index (Phi) is 3.99. The van der Waals surface area contributed by atoms with E-state index in [9.17, 15) is 10.1 Å². The van der Waals surface area contributed by atoms with Gasteiger partial charge in [-0.3, -0.25) is 10.1 Å². The molecule has 0 aliphatic carbocycles. The van der Waals surface area contributed by atoms with Crippen LogP contribution in [0.5, 0.6) is 0 Å². The molecule has 0 fully saturated rings. The zero-order valence-electron chi connectivity index (χ0n) is 8.56. The Morgan fingerprint density at radius 2 is 2.40 bits per heavy atom. The van der Waals surface area contributed by atoms with E-state index in [0.29, 0.717) is 24.5 Å². The second-order valence-electron chi connectivity index (χ2n) is 3.18. The molecule has 15 heavy (non-hydrogen) atoms. The third-order valence-corrected chi connectivity index (χ3v) is 1.96. The van der Waals surface area contributed by atoms with Crippen LogP contribution < -0.4 is 11.1 Å². The molecule has 1 rings (SSSR count). The zero-order valence-corrected chi connectivity index (χ0v) is 8.56. The highest BCUT2D eigenvalue weighted by Crippen LogP contribution is 2.19. The predicted octanol–water partition coefficient (Wildman–Crippen LogP) is 1.06. The molecule has 1 heterocycles. The van der Waals surface area contributed by atoms with Crippen molar-refractivity contribution in [3.63, 3.8) is 0 Å². The van der Waals surface area contributed by atoms with Crippen molar-refractivity contribution in [3.8, 4) is 0 Å². The van der Waals surface area contributed by atoms with Crippen molar-refractivity contribution in [1.29, 1.82) is 0 Å². The summed E-state index contributed by atoms with van der Waals surface area (Å²) in [5.41, 5.74) is 5.97. The average molecular weight is 210 g/mol. The lowest BCUT2D eigenvalue weighted by molar-refractivity contribution is -0.385. The van der Waals surface area contributed by atoms with Crippen LogP contribution in [0.25, 0.3) is 0 Å². The smallest absolute Gasteiger partial charge is 0.277 e. The van der Waals surface area contributed by atoms with Gasteiger partial charge in [-0.25, -0.2) is 4.98 Å². The van der Waals surface area contributed by atoms with E-state index in [4.69, 9.17) is 5.73 Å². The third kappa shape index (κ3) is 3.17. The van der Waals surface area contributed by atoms with Crippen molar-refractivity contribution in [3.05, 3.63) is 27.9 Å². The number of pyridine rings is 1. The maximum atomic E-state index is 10.6. The maximum absolute atomic E-state index is 10.6. The fraction of sp³-hybridized carbons (Fsp3) is 0.444. The van der Waals surface area contributed by atoms with Crippen LogP contribution in [0.2, 0.25) is 0 Å². The molecule has 1 aromatic heterocycles. The van der Waals surface area contributed by atoms with Crippen molar-refractivity contribution in [2.75, 3.05) is 18.4 Å². The number of aryl methyl sites for hydroxylation is 1. The summed E-state index contributed by atoms with van der Waals surface area (Å²) in [5.74, 6) is 0.515. The molecule has 0 unspecified atom stereocenters.